The highest BCUT2D eigenvalue weighted by molar-refractivity contribution is 5.87. The van der Waals surface area contributed by atoms with Gasteiger partial charge in [0.1, 0.15) is 0 Å². The Balaban J connectivity index is 1.72. The summed E-state index contributed by atoms with van der Waals surface area (Å²) in [5, 5.41) is 3.23. The maximum Gasteiger partial charge on any atom is 0.230 e. The van der Waals surface area contributed by atoms with E-state index in [4.69, 9.17) is 5.73 Å². The maximum absolute atomic E-state index is 12.7. The summed E-state index contributed by atoms with van der Waals surface area (Å²) in [4.78, 5) is 12.7. The summed E-state index contributed by atoms with van der Waals surface area (Å²) in [6.45, 7) is 4.04. The molecule has 0 unspecified atom stereocenters. The number of rotatable bonds is 5. The van der Waals surface area contributed by atoms with Gasteiger partial charge in [-0.05, 0) is 57.1 Å². The zero-order valence-corrected chi connectivity index (χ0v) is 13.8. The first kappa shape index (κ1) is 15.5. The molecule has 3 nitrogen and oxygen atoms in total. The number of hydrogen-bond acceptors (Lipinski definition) is 2. The van der Waals surface area contributed by atoms with Crippen LogP contribution in [0.2, 0.25) is 0 Å². The lowest BCUT2D eigenvalue weighted by atomic mass is 9.82. The Morgan fingerprint density at radius 1 is 1.32 bits per heavy atom. The number of carbonyl (C=O) groups excluding carboxylic acids is 1. The molecule has 0 aliphatic heterocycles. The predicted molar refractivity (Wildman–Crippen MR) is 89.7 cm³/mol. The lowest BCUT2D eigenvalue weighted by Crippen LogP contribution is -2.44. The molecule has 0 spiro atoms. The van der Waals surface area contributed by atoms with Crippen molar-refractivity contribution in [1.82, 2.24) is 5.32 Å². The Bertz CT molecular complexity index is 554. The molecule has 120 valence electrons. The first-order valence-electron chi connectivity index (χ1n) is 8.58. The average Bonchev–Trinajstić information content (AvgIpc) is 2.99. The van der Waals surface area contributed by atoms with E-state index < -0.39 is 5.41 Å². The monoisotopic (exact) mass is 300 g/mol. The summed E-state index contributed by atoms with van der Waals surface area (Å²) < 4.78 is 0. The summed E-state index contributed by atoms with van der Waals surface area (Å²) in [7, 11) is 0. The molecule has 1 aromatic carbocycles. The van der Waals surface area contributed by atoms with Gasteiger partial charge in [-0.1, -0.05) is 37.1 Å². The molecule has 3 N–H and O–H groups in total. The van der Waals surface area contributed by atoms with Crippen LogP contribution < -0.4 is 11.1 Å². The molecule has 3 rings (SSSR count). The van der Waals surface area contributed by atoms with Gasteiger partial charge in [0.15, 0.2) is 0 Å². The average molecular weight is 300 g/mol. The SMILES string of the molecule is CC(C)(C(=O)NC1CCCC1)c1cccc(CC2(N)CC2)c1. The minimum Gasteiger partial charge on any atom is -0.353 e. The second-order valence-corrected chi connectivity index (χ2v) is 7.82. The second kappa shape index (κ2) is 5.69. The van der Waals surface area contributed by atoms with Crippen LogP contribution in [-0.2, 0) is 16.6 Å². The Morgan fingerprint density at radius 3 is 2.64 bits per heavy atom. The van der Waals surface area contributed by atoms with Crippen molar-refractivity contribution in [3.8, 4) is 0 Å². The normalized spacial score (nSPS) is 20.9. The molecule has 0 saturated heterocycles. The van der Waals surface area contributed by atoms with Gasteiger partial charge in [0.25, 0.3) is 0 Å². The third-order valence-electron chi connectivity index (χ3n) is 5.36. The summed E-state index contributed by atoms with van der Waals surface area (Å²) in [6, 6.07) is 8.78. The quantitative estimate of drug-likeness (QED) is 0.878. The number of benzene rings is 1. The molecular weight excluding hydrogens is 272 g/mol. The van der Waals surface area contributed by atoms with E-state index in [0.29, 0.717) is 6.04 Å². The third kappa shape index (κ3) is 3.35. The molecule has 0 aromatic heterocycles. The van der Waals surface area contributed by atoms with Crippen LogP contribution in [0.25, 0.3) is 0 Å². The van der Waals surface area contributed by atoms with Gasteiger partial charge in [-0.2, -0.15) is 0 Å². The van der Waals surface area contributed by atoms with Crippen LogP contribution in [0.1, 0.15) is 63.5 Å². The van der Waals surface area contributed by atoms with Crippen molar-refractivity contribution in [2.75, 3.05) is 0 Å². The van der Waals surface area contributed by atoms with Crippen molar-refractivity contribution < 1.29 is 4.79 Å². The van der Waals surface area contributed by atoms with Crippen LogP contribution in [-0.4, -0.2) is 17.5 Å². The van der Waals surface area contributed by atoms with Crippen LogP contribution in [0.15, 0.2) is 24.3 Å². The van der Waals surface area contributed by atoms with Gasteiger partial charge in [-0.15, -0.1) is 0 Å². The zero-order valence-electron chi connectivity index (χ0n) is 13.8. The number of hydrogen-bond donors (Lipinski definition) is 2. The first-order chi connectivity index (χ1) is 10.4. The van der Waals surface area contributed by atoms with Gasteiger partial charge in [-0.25, -0.2) is 0 Å². The summed E-state index contributed by atoms with van der Waals surface area (Å²) in [5.41, 5.74) is 8.08. The smallest absolute Gasteiger partial charge is 0.230 e. The highest BCUT2D eigenvalue weighted by Crippen LogP contribution is 2.36. The largest absolute Gasteiger partial charge is 0.353 e. The summed E-state index contributed by atoms with van der Waals surface area (Å²) >= 11 is 0. The number of nitrogens with two attached hydrogens (primary N) is 1. The minimum absolute atomic E-state index is 0.00880. The second-order valence-electron chi connectivity index (χ2n) is 7.82. The van der Waals surface area contributed by atoms with Crippen molar-refractivity contribution in [3.05, 3.63) is 35.4 Å². The molecule has 1 aromatic rings. The lowest BCUT2D eigenvalue weighted by Gasteiger charge is -2.27. The molecule has 2 fully saturated rings. The fourth-order valence-corrected chi connectivity index (χ4v) is 3.38. The fraction of sp³-hybridized carbons (Fsp3) is 0.632. The van der Waals surface area contributed by atoms with E-state index in [1.165, 1.54) is 18.4 Å². The Kier molecular flexibility index (Phi) is 4.02. The van der Waals surface area contributed by atoms with Gasteiger partial charge in [-0.3, -0.25) is 4.79 Å². The molecule has 0 atom stereocenters. The standard InChI is InChI=1S/C19H28N2O/c1-18(2,17(22)21-16-8-3-4-9-16)15-7-5-6-14(12-15)13-19(20)10-11-19/h5-7,12,16H,3-4,8-11,13,20H2,1-2H3,(H,21,22). The van der Waals surface area contributed by atoms with Gasteiger partial charge >= 0.3 is 0 Å². The van der Waals surface area contributed by atoms with Gasteiger partial charge in [0, 0.05) is 11.6 Å². The van der Waals surface area contributed by atoms with Gasteiger partial charge in [0.05, 0.1) is 5.41 Å². The van der Waals surface area contributed by atoms with Gasteiger partial charge in [0.2, 0.25) is 5.91 Å². The number of nitrogens with one attached hydrogen (secondary N) is 1. The van der Waals surface area contributed by atoms with E-state index in [1.54, 1.807) is 0 Å². The van der Waals surface area contributed by atoms with E-state index >= 15 is 0 Å². The highest BCUT2D eigenvalue weighted by atomic mass is 16.2. The molecule has 0 bridgehead atoms. The topological polar surface area (TPSA) is 55.1 Å². The lowest BCUT2D eigenvalue weighted by molar-refractivity contribution is -0.126. The Hall–Kier alpha value is -1.35. The van der Waals surface area contributed by atoms with E-state index in [9.17, 15) is 4.79 Å². The summed E-state index contributed by atoms with van der Waals surface area (Å²) in [6.07, 6.45) is 7.86. The van der Waals surface area contributed by atoms with E-state index in [0.717, 1.165) is 37.7 Å². The molecule has 22 heavy (non-hydrogen) atoms. The van der Waals surface area contributed by atoms with Gasteiger partial charge < -0.3 is 11.1 Å². The third-order valence-corrected chi connectivity index (χ3v) is 5.36. The first-order valence-corrected chi connectivity index (χ1v) is 8.58. The highest BCUT2D eigenvalue weighted by Gasteiger charge is 2.38. The number of carbonyl (C=O) groups is 1. The number of amides is 1. The van der Waals surface area contributed by atoms with Crippen molar-refractivity contribution in [2.45, 2.75) is 75.8 Å². The molecule has 0 radical (unpaired) electrons. The fourth-order valence-electron chi connectivity index (χ4n) is 3.38. The minimum atomic E-state index is -0.496. The van der Waals surface area contributed by atoms with Crippen molar-refractivity contribution >= 4 is 5.91 Å². The molecule has 2 aliphatic carbocycles. The molecule has 2 aliphatic rings. The Morgan fingerprint density at radius 2 is 2.00 bits per heavy atom. The van der Waals surface area contributed by atoms with E-state index in [2.05, 4.69) is 29.6 Å². The molecule has 3 heteroatoms. The van der Waals surface area contributed by atoms with Crippen LogP contribution >= 0.6 is 0 Å². The van der Waals surface area contributed by atoms with Crippen LogP contribution in [0.3, 0.4) is 0 Å². The zero-order chi connectivity index (χ0) is 15.8. The maximum atomic E-state index is 12.7. The van der Waals surface area contributed by atoms with E-state index in [-0.39, 0.29) is 11.4 Å². The van der Waals surface area contributed by atoms with E-state index in [1.807, 2.05) is 13.8 Å². The van der Waals surface area contributed by atoms with Crippen molar-refractivity contribution in [3.63, 3.8) is 0 Å². The molecular formula is C19H28N2O. The molecule has 2 saturated carbocycles. The molecule has 0 heterocycles. The molecule has 1 amide bonds. The summed E-state index contributed by atoms with van der Waals surface area (Å²) in [5.74, 6) is 0.144. The Labute approximate surface area is 133 Å². The van der Waals surface area contributed by atoms with Crippen LogP contribution in [0, 0.1) is 0 Å². The van der Waals surface area contributed by atoms with Crippen LogP contribution in [0.4, 0.5) is 0 Å². The predicted octanol–water partition coefficient (Wildman–Crippen LogP) is 3.06. The van der Waals surface area contributed by atoms with Crippen LogP contribution in [0.5, 0.6) is 0 Å². The van der Waals surface area contributed by atoms with Crippen molar-refractivity contribution in [1.29, 1.82) is 0 Å². The van der Waals surface area contributed by atoms with Crippen molar-refractivity contribution in [2.24, 2.45) is 5.73 Å².